The van der Waals surface area contributed by atoms with E-state index in [4.69, 9.17) is 9.40 Å². The van der Waals surface area contributed by atoms with Gasteiger partial charge in [0.1, 0.15) is 10.6 Å². The molecule has 0 bridgehead atoms. The fraction of sp³-hybridized carbons (Fsp3) is 0.261. The zero-order valence-electron chi connectivity index (χ0n) is 16.5. The lowest BCUT2D eigenvalue weighted by molar-refractivity contribution is 0.509. The van der Waals surface area contributed by atoms with Crippen molar-refractivity contribution >= 4 is 43.8 Å². The normalized spacial score (nSPS) is 16.4. The van der Waals surface area contributed by atoms with Gasteiger partial charge in [-0.2, -0.15) is 4.52 Å². The van der Waals surface area contributed by atoms with Crippen molar-refractivity contribution in [2.75, 3.05) is 5.32 Å². The number of benzene rings is 1. The SMILES string of the molecule is C[C@H]1CCc2c(sc3nc4c5ccccc5c(NCc5ccco5)nn4c(=O)c23)C1. The Morgan fingerprint density at radius 3 is 2.93 bits per heavy atom. The second-order valence-electron chi connectivity index (χ2n) is 8.01. The Kier molecular flexibility index (Phi) is 3.92. The first-order valence-corrected chi connectivity index (χ1v) is 11.0. The number of aryl methyl sites for hydroxylation is 1. The number of furan rings is 1. The second kappa shape index (κ2) is 6.67. The van der Waals surface area contributed by atoms with Gasteiger partial charge in [0.15, 0.2) is 11.5 Å². The van der Waals surface area contributed by atoms with Crippen molar-refractivity contribution in [3.8, 4) is 0 Å². The molecule has 0 aliphatic heterocycles. The largest absolute Gasteiger partial charge is 0.467 e. The number of aromatic nitrogens is 3. The van der Waals surface area contributed by atoms with Crippen LogP contribution < -0.4 is 10.9 Å². The van der Waals surface area contributed by atoms with Crippen LogP contribution in [0, 0.1) is 5.92 Å². The predicted molar refractivity (Wildman–Crippen MR) is 119 cm³/mol. The van der Waals surface area contributed by atoms with E-state index in [0.29, 0.717) is 23.9 Å². The molecule has 1 aliphatic rings. The number of nitrogens with zero attached hydrogens (tertiary/aromatic N) is 3. The molecule has 1 aromatic carbocycles. The summed E-state index contributed by atoms with van der Waals surface area (Å²) in [6, 6.07) is 11.7. The molecule has 4 aromatic heterocycles. The number of thiophene rings is 1. The Bertz CT molecular complexity index is 1470. The van der Waals surface area contributed by atoms with Gasteiger partial charge in [0.25, 0.3) is 5.56 Å². The molecule has 0 amide bonds. The Morgan fingerprint density at radius 2 is 2.10 bits per heavy atom. The Morgan fingerprint density at radius 1 is 1.23 bits per heavy atom. The molecular formula is C23H20N4O2S. The molecule has 0 saturated carbocycles. The van der Waals surface area contributed by atoms with Gasteiger partial charge in [0, 0.05) is 15.6 Å². The standard InChI is InChI=1S/C23H20N4O2S/c1-13-8-9-17-18(11-13)30-22-19(17)23(28)27-21(25-22)16-7-3-2-6-15(16)20(26-27)24-12-14-5-4-10-29-14/h2-7,10,13H,8-9,11-12H2,1H3,(H,24,26)/t13-/m0/s1. The zero-order chi connectivity index (χ0) is 20.2. The van der Waals surface area contributed by atoms with E-state index in [1.54, 1.807) is 17.6 Å². The lowest BCUT2D eigenvalue weighted by Gasteiger charge is -2.17. The van der Waals surface area contributed by atoms with Crippen LogP contribution in [0.1, 0.15) is 29.5 Å². The van der Waals surface area contributed by atoms with E-state index >= 15 is 0 Å². The maximum atomic E-state index is 13.6. The molecule has 30 heavy (non-hydrogen) atoms. The summed E-state index contributed by atoms with van der Waals surface area (Å²) >= 11 is 1.67. The van der Waals surface area contributed by atoms with Crippen LogP contribution in [0.15, 0.2) is 51.9 Å². The molecule has 6 rings (SSSR count). The average molecular weight is 417 g/mol. The molecule has 0 radical (unpaired) electrons. The van der Waals surface area contributed by atoms with E-state index in [-0.39, 0.29) is 5.56 Å². The maximum Gasteiger partial charge on any atom is 0.283 e. The lowest BCUT2D eigenvalue weighted by atomic mass is 9.89. The van der Waals surface area contributed by atoms with Gasteiger partial charge in [-0.1, -0.05) is 31.2 Å². The highest BCUT2D eigenvalue weighted by molar-refractivity contribution is 7.18. The zero-order valence-corrected chi connectivity index (χ0v) is 17.3. The molecule has 4 heterocycles. The van der Waals surface area contributed by atoms with Crippen molar-refractivity contribution in [2.45, 2.75) is 32.7 Å². The van der Waals surface area contributed by atoms with Gasteiger partial charge in [0.2, 0.25) is 0 Å². The Hall–Kier alpha value is -3.19. The second-order valence-corrected chi connectivity index (χ2v) is 9.10. The highest BCUT2D eigenvalue weighted by Crippen LogP contribution is 2.36. The highest BCUT2D eigenvalue weighted by Gasteiger charge is 2.24. The minimum atomic E-state index is -0.0751. The van der Waals surface area contributed by atoms with Crippen molar-refractivity contribution in [3.05, 3.63) is 69.2 Å². The molecule has 5 aromatic rings. The van der Waals surface area contributed by atoms with E-state index in [0.717, 1.165) is 46.0 Å². The molecular weight excluding hydrogens is 396 g/mol. The highest BCUT2D eigenvalue weighted by atomic mass is 32.1. The van der Waals surface area contributed by atoms with Gasteiger partial charge >= 0.3 is 0 Å². The first-order chi connectivity index (χ1) is 14.7. The van der Waals surface area contributed by atoms with Crippen LogP contribution in [-0.2, 0) is 19.4 Å². The summed E-state index contributed by atoms with van der Waals surface area (Å²) < 4.78 is 6.90. The fourth-order valence-electron chi connectivity index (χ4n) is 4.40. The summed E-state index contributed by atoms with van der Waals surface area (Å²) in [5.41, 5.74) is 1.72. The molecule has 0 unspecified atom stereocenters. The third-order valence-corrected chi connectivity index (χ3v) is 7.09. The van der Waals surface area contributed by atoms with E-state index < -0.39 is 0 Å². The molecule has 0 saturated heterocycles. The van der Waals surface area contributed by atoms with Crippen LogP contribution in [0.3, 0.4) is 0 Å². The number of hydrogen-bond acceptors (Lipinski definition) is 6. The van der Waals surface area contributed by atoms with Gasteiger partial charge in [-0.25, -0.2) is 4.98 Å². The molecule has 1 N–H and O–H groups in total. The number of anilines is 1. The third kappa shape index (κ3) is 2.65. The summed E-state index contributed by atoms with van der Waals surface area (Å²) in [5.74, 6) is 2.11. The van der Waals surface area contributed by atoms with Gasteiger partial charge < -0.3 is 9.73 Å². The maximum absolute atomic E-state index is 13.6. The molecule has 0 fully saturated rings. The summed E-state index contributed by atoms with van der Waals surface area (Å²) in [6.07, 6.45) is 4.73. The number of hydrogen-bond donors (Lipinski definition) is 1. The monoisotopic (exact) mass is 416 g/mol. The van der Waals surface area contributed by atoms with Crippen LogP contribution in [-0.4, -0.2) is 14.6 Å². The minimum absolute atomic E-state index is 0.0751. The topological polar surface area (TPSA) is 72.4 Å². The molecule has 1 atom stereocenters. The van der Waals surface area contributed by atoms with Gasteiger partial charge in [-0.3, -0.25) is 4.79 Å². The lowest BCUT2D eigenvalue weighted by Crippen LogP contribution is -2.20. The van der Waals surface area contributed by atoms with Crippen molar-refractivity contribution in [2.24, 2.45) is 5.92 Å². The quantitative estimate of drug-likeness (QED) is 0.428. The number of rotatable bonds is 3. The van der Waals surface area contributed by atoms with Crippen LogP contribution in [0.5, 0.6) is 0 Å². The summed E-state index contributed by atoms with van der Waals surface area (Å²) in [6.45, 7) is 2.77. The van der Waals surface area contributed by atoms with Crippen LogP contribution in [0.2, 0.25) is 0 Å². The predicted octanol–water partition coefficient (Wildman–Crippen LogP) is 4.79. The van der Waals surface area contributed by atoms with Crippen LogP contribution in [0.25, 0.3) is 26.6 Å². The number of fused-ring (bicyclic) bond motifs is 6. The van der Waals surface area contributed by atoms with Crippen LogP contribution in [0.4, 0.5) is 5.82 Å². The number of nitrogens with one attached hydrogen (secondary N) is 1. The molecule has 6 nitrogen and oxygen atoms in total. The van der Waals surface area contributed by atoms with E-state index in [2.05, 4.69) is 17.3 Å². The Balaban J connectivity index is 1.61. The summed E-state index contributed by atoms with van der Waals surface area (Å²) in [7, 11) is 0. The van der Waals surface area contributed by atoms with Crippen molar-refractivity contribution < 1.29 is 4.42 Å². The molecule has 7 heteroatoms. The first-order valence-electron chi connectivity index (χ1n) is 10.2. The van der Waals surface area contributed by atoms with Gasteiger partial charge in [0.05, 0.1) is 18.2 Å². The van der Waals surface area contributed by atoms with Gasteiger partial charge in [-0.05, 0) is 42.9 Å². The Labute approximate surface area is 176 Å². The summed E-state index contributed by atoms with van der Waals surface area (Å²) in [4.78, 5) is 20.6. The minimum Gasteiger partial charge on any atom is -0.467 e. The van der Waals surface area contributed by atoms with E-state index in [1.807, 2.05) is 36.4 Å². The van der Waals surface area contributed by atoms with Crippen molar-refractivity contribution in [3.63, 3.8) is 0 Å². The third-order valence-electron chi connectivity index (χ3n) is 5.94. The van der Waals surface area contributed by atoms with Crippen LogP contribution >= 0.6 is 11.3 Å². The van der Waals surface area contributed by atoms with E-state index in [1.165, 1.54) is 15.0 Å². The van der Waals surface area contributed by atoms with Gasteiger partial charge in [-0.15, -0.1) is 16.4 Å². The summed E-state index contributed by atoms with van der Waals surface area (Å²) in [5, 5.41) is 10.6. The molecule has 0 spiro atoms. The molecule has 1 aliphatic carbocycles. The smallest absolute Gasteiger partial charge is 0.283 e. The average Bonchev–Trinajstić information content (AvgIpc) is 3.39. The fourth-order valence-corrected chi connectivity index (χ4v) is 5.77. The van der Waals surface area contributed by atoms with Crippen molar-refractivity contribution in [1.82, 2.24) is 14.6 Å². The van der Waals surface area contributed by atoms with E-state index in [9.17, 15) is 4.79 Å². The van der Waals surface area contributed by atoms with Crippen molar-refractivity contribution in [1.29, 1.82) is 0 Å². The first kappa shape index (κ1) is 17.7. The molecule has 150 valence electrons.